The number of halogens is 1. The topological polar surface area (TPSA) is 38.3 Å². The van der Waals surface area contributed by atoms with E-state index in [1.54, 1.807) is 0 Å². The van der Waals surface area contributed by atoms with Crippen LogP contribution in [0.25, 0.3) is 11.6 Å². The van der Waals surface area contributed by atoms with Crippen LogP contribution in [-0.4, -0.2) is 12.5 Å². The minimum absolute atomic E-state index is 0.0684. The molecule has 0 radical (unpaired) electrons. The van der Waals surface area contributed by atoms with E-state index in [-0.39, 0.29) is 17.8 Å². The van der Waals surface area contributed by atoms with Crippen LogP contribution in [-0.2, 0) is 4.79 Å². The molecule has 28 heavy (non-hydrogen) atoms. The third-order valence-corrected chi connectivity index (χ3v) is 6.74. The van der Waals surface area contributed by atoms with E-state index in [2.05, 4.69) is 75.9 Å². The molecule has 2 aliphatic heterocycles. The van der Waals surface area contributed by atoms with Crippen LogP contribution < -0.4 is 10.1 Å². The van der Waals surface area contributed by atoms with Crippen molar-refractivity contribution in [2.24, 2.45) is 0 Å². The second-order valence-electron chi connectivity index (χ2n) is 6.74. The zero-order valence-electron chi connectivity index (χ0n) is 14.8. The molecule has 5 rings (SSSR count). The Hall–Kier alpha value is -2.50. The van der Waals surface area contributed by atoms with E-state index in [1.165, 1.54) is 21.6 Å². The second kappa shape index (κ2) is 7.15. The predicted octanol–water partition coefficient (Wildman–Crippen LogP) is 6.17. The standard InChI is InChI=1S/C23H16BrNO2S/c24-17-6-3-5-16(10-17)23-18(11-15-4-1-2-7-21(15)28-23)14-8-9-20-19(12-14)25-22(26)13-27-20/h1-12,23H,13H2,(H,25,26). The molecule has 138 valence electrons. The van der Waals surface area contributed by atoms with Crippen molar-refractivity contribution >= 4 is 50.9 Å². The number of carbonyl (C=O) groups excluding carboxylic acids is 1. The molecule has 2 aliphatic rings. The van der Waals surface area contributed by atoms with Crippen molar-refractivity contribution < 1.29 is 9.53 Å². The number of benzene rings is 3. The first-order chi connectivity index (χ1) is 13.7. The molecule has 3 aromatic carbocycles. The van der Waals surface area contributed by atoms with Crippen molar-refractivity contribution in [2.75, 3.05) is 11.9 Å². The quantitative estimate of drug-likeness (QED) is 0.508. The van der Waals surface area contributed by atoms with Crippen LogP contribution >= 0.6 is 27.7 Å². The molecule has 1 N–H and O–H groups in total. The Morgan fingerprint density at radius 1 is 1.04 bits per heavy atom. The molecule has 0 bridgehead atoms. The van der Waals surface area contributed by atoms with Crippen LogP contribution in [0.5, 0.6) is 5.75 Å². The Morgan fingerprint density at radius 2 is 1.93 bits per heavy atom. The largest absolute Gasteiger partial charge is 0.482 e. The van der Waals surface area contributed by atoms with Crippen LogP contribution in [0, 0.1) is 0 Å². The van der Waals surface area contributed by atoms with E-state index < -0.39 is 0 Å². The summed E-state index contributed by atoms with van der Waals surface area (Å²) in [6.45, 7) is 0.0684. The fourth-order valence-corrected chi connectivity index (χ4v) is 5.26. The van der Waals surface area contributed by atoms with Crippen LogP contribution in [0.2, 0.25) is 0 Å². The number of hydrogen-bond acceptors (Lipinski definition) is 3. The Labute approximate surface area is 175 Å². The Bertz CT molecular complexity index is 1130. The number of thioether (sulfide) groups is 1. The first kappa shape index (κ1) is 17.6. The van der Waals surface area contributed by atoms with Gasteiger partial charge in [-0.2, -0.15) is 0 Å². The zero-order valence-corrected chi connectivity index (χ0v) is 17.2. The van der Waals surface area contributed by atoms with Gasteiger partial charge in [0.25, 0.3) is 5.91 Å². The maximum atomic E-state index is 11.7. The third-order valence-electron chi connectivity index (χ3n) is 4.85. The van der Waals surface area contributed by atoms with Gasteiger partial charge in [0.15, 0.2) is 6.61 Å². The third kappa shape index (κ3) is 3.25. The summed E-state index contributed by atoms with van der Waals surface area (Å²) >= 11 is 5.45. The molecule has 1 unspecified atom stereocenters. The first-order valence-electron chi connectivity index (χ1n) is 8.97. The first-order valence-corrected chi connectivity index (χ1v) is 10.6. The summed E-state index contributed by atoms with van der Waals surface area (Å²) in [5, 5.41) is 3.07. The number of hydrogen-bond donors (Lipinski definition) is 1. The molecule has 0 fully saturated rings. The van der Waals surface area contributed by atoms with E-state index in [0.29, 0.717) is 5.75 Å². The van der Waals surface area contributed by atoms with E-state index in [0.717, 1.165) is 15.7 Å². The number of amides is 1. The molecule has 0 saturated heterocycles. The molecular formula is C23H16BrNO2S. The molecule has 5 heteroatoms. The summed E-state index contributed by atoms with van der Waals surface area (Å²) in [6.07, 6.45) is 2.25. The number of nitrogens with one attached hydrogen (secondary N) is 1. The normalized spacial score (nSPS) is 17.7. The molecule has 2 heterocycles. The average Bonchev–Trinajstić information content (AvgIpc) is 2.72. The predicted molar refractivity (Wildman–Crippen MR) is 118 cm³/mol. The molecule has 0 aliphatic carbocycles. The maximum absolute atomic E-state index is 11.7. The average molecular weight is 450 g/mol. The lowest BCUT2D eigenvalue weighted by molar-refractivity contribution is -0.118. The monoisotopic (exact) mass is 449 g/mol. The minimum Gasteiger partial charge on any atom is -0.482 e. The SMILES string of the molecule is O=C1COc2ccc(C3=Cc4ccccc4SC3c3cccc(Br)c3)cc2N1. The fraction of sp³-hybridized carbons (Fsp3) is 0.0870. The summed E-state index contributed by atoms with van der Waals surface area (Å²) in [5.41, 5.74) is 5.47. The van der Waals surface area contributed by atoms with Crippen molar-refractivity contribution in [3.05, 3.63) is 87.9 Å². The van der Waals surface area contributed by atoms with Gasteiger partial charge in [0.05, 0.1) is 10.9 Å². The van der Waals surface area contributed by atoms with Crippen LogP contribution in [0.3, 0.4) is 0 Å². The summed E-state index contributed by atoms with van der Waals surface area (Å²) in [5.74, 6) is 0.595. The van der Waals surface area contributed by atoms with Crippen molar-refractivity contribution in [2.45, 2.75) is 10.1 Å². The molecule has 0 aromatic heterocycles. The number of carbonyl (C=O) groups is 1. The number of rotatable bonds is 2. The van der Waals surface area contributed by atoms with Gasteiger partial charge < -0.3 is 10.1 Å². The number of anilines is 1. The highest BCUT2D eigenvalue weighted by Crippen LogP contribution is 2.51. The van der Waals surface area contributed by atoms with Gasteiger partial charge in [-0.15, -0.1) is 11.8 Å². The Kier molecular flexibility index (Phi) is 4.49. The molecule has 1 amide bonds. The lowest BCUT2D eigenvalue weighted by Gasteiger charge is -2.27. The van der Waals surface area contributed by atoms with E-state index in [4.69, 9.17) is 4.74 Å². The van der Waals surface area contributed by atoms with Crippen molar-refractivity contribution in [1.29, 1.82) is 0 Å². The molecule has 0 saturated carbocycles. The van der Waals surface area contributed by atoms with Crippen molar-refractivity contribution in [3.8, 4) is 5.75 Å². The zero-order chi connectivity index (χ0) is 19.1. The summed E-state index contributed by atoms with van der Waals surface area (Å²) in [4.78, 5) is 13.0. The molecule has 0 spiro atoms. The van der Waals surface area contributed by atoms with Crippen molar-refractivity contribution in [3.63, 3.8) is 0 Å². The van der Waals surface area contributed by atoms with E-state index >= 15 is 0 Å². The van der Waals surface area contributed by atoms with Gasteiger partial charge in [-0.3, -0.25) is 4.79 Å². The number of ether oxygens (including phenoxy) is 1. The van der Waals surface area contributed by atoms with Gasteiger partial charge >= 0.3 is 0 Å². The lowest BCUT2D eigenvalue weighted by Crippen LogP contribution is -2.25. The second-order valence-corrected chi connectivity index (χ2v) is 8.80. The molecular weight excluding hydrogens is 434 g/mol. The van der Waals surface area contributed by atoms with Gasteiger partial charge in [0, 0.05) is 9.37 Å². The highest BCUT2D eigenvalue weighted by molar-refractivity contribution is 9.10. The molecule has 3 aromatic rings. The smallest absolute Gasteiger partial charge is 0.262 e. The van der Waals surface area contributed by atoms with Crippen LogP contribution in [0.1, 0.15) is 21.9 Å². The highest BCUT2D eigenvalue weighted by atomic mass is 79.9. The van der Waals surface area contributed by atoms with Gasteiger partial charge in [-0.05, 0) is 58.7 Å². The van der Waals surface area contributed by atoms with Gasteiger partial charge in [0.1, 0.15) is 5.75 Å². The summed E-state index contributed by atoms with van der Waals surface area (Å²) in [7, 11) is 0. The summed E-state index contributed by atoms with van der Waals surface area (Å²) < 4.78 is 6.58. The van der Waals surface area contributed by atoms with E-state index in [9.17, 15) is 4.79 Å². The van der Waals surface area contributed by atoms with Crippen molar-refractivity contribution in [1.82, 2.24) is 0 Å². The molecule has 1 atom stereocenters. The summed E-state index contributed by atoms with van der Waals surface area (Å²) in [6, 6.07) is 22.9. The lowest BCUT2D eigenvalue weighted by atomic mass is 9.94. The van der Waals surface area contributed by atoms with Crippen LogP contribution in [0.4, 0.5) is 5.69 Å². The molecule has 3 nitrogen and oxygen atoms in total. The number of fused-ring (bicyclic) bond motifs is 2. The van der Waals surface area contributed by atoms with Gasteiger partial charge in [-0.25, -0.2) is 0 Å². The van der Waals surface area contributed by atoms with Gasteiger partial charge in [-0.1, -0.05) is 52.3 Å². The minimum atomic E-state index is -0.120. The van der Waals surface area contributed by atoms with Gasteiger partial charge in [0.2, 0.25) is 0 Å². The fourth-order valence-electron chi connectivity index (χ4n) is 3.56. The van der Waals surface area contributed by atoms with E-state index in [1.807, 2.05) is 30.0 Å². The Morgan fingerprint density at radius 3 is 2.82 bits per heavy atom. The highest BCUT2D eigenvalue weighted by Gasteiger charge is 2.26. The maximum Gasteiger partial charge on any atom is 0.262 e. The van der Waals surface area contributed by atoms with Crippen LogP contribution in [0.15, 0.2) is 76.1 Å². The Balaban J connectivity index is 1.64.